The number of carbonyl (C=O) groups is 1. The van der Waals surface area contributed by atoms with Crippen LogP contribution >= 0.6 is 11.8 Å². The summed E-state index contributed by atoms with van der Waals surface area (Å²) in [6.45, 7) is 1.11. The van der Waals surface area contributed by atoms with Gasteiger partial charge in [0.1, 0.15) is 0 Å². The quantitative estimate of drug-likeness (QED) is 0.730. The van der Waals surface area contributed by atoms with Crippen LogP contribution in [0, 0.1) is 0 Å². The van der Waals surface area contributed by atoms with Crippen LogP contribution in [0.25, 0.3) is 0 Å². The molecule has 0 spiro atoms. The van der Waals surface area contributed by atoms with Crippen molar-refractivity contribution in [3.8, 4) is 0 Å². The van der Waals surface area contributed by atoms with Crippen LogP contribution in [0.1, 0.15) is 17.5 Å². The molecule has 4 nitrogen and oxygen atoms in total. The molecule has 1 heterocycles. The maximum Gasteiger partial charge on any atom is 0.233 e. The van der Waals surface area contributed by atoms with E-state index in [0.717, 1.165) is 11.1 Å². The highest BCUT2D eigenvalue weighted by Gasteiger charge is 2.29. The number of sulfone groups is 1. The molecule has 1 saturated heterocycles. The summed E-state index contributed by atoms with van der Waals surface area (Å²) in [5.74, 6) is 0.811. The summed E-state index contributed by atoms with van der Waals surface area (Å²) in [6, 6.07) is 19.9. The standard InChI is InChI=1S/C20H23NO3S2/c22-20(15-25-19-11-12-26(23,24)16-19)21(13-17-7-3-1-4-8-17)14-18-9-5-2-6-10-18/h1-10,19H,11-16H2. The predicted molar refractivity (Wildman–Crippen MR) is 107 cm³/mol. The average molecular weight is 390 g/mol. The van der Waals surface area contributed by atoms with E-state index in [2.05, 4.69) is 0 Å². The second-order valence-electron chi connectivity index (χ2n) is 6.56. The Morgan fingerprint density at radius 1 is 0.962 bits per heavy atom. The van der Waals surface area contributed by atoms with Crippen LogP contribution in [0.15, 0.2) is 60.7 Å². The van der Waals surface area contributed by atoms with Crippen LogP contribution in [-0.2, 0) is 27.7 Å². The zero-order chi connectivity index (χ0) is 18.4. The lowest BCUT2D eigenvalue weighted by atomic mass is 10.1. The molecule has 2 aromatic carbocycles. The number of thioether (sulfide) groups is 1. The first-order valence-electron chi connectivity index (χ1n) is 8.69. The van der Waals surface area contributed by atoms with Crippen molar-refractivity contribution in [3.63, 3.8) is 0 Å². The molecule has 1 atom stereocenters. The van der Waals surface area contributed by atoms with Gasteiger partial charge in [0.25, 0.3) is 0 Å². The first kappa shape index (κ1) is 19.0. The summed E-state index contributed by atoms with van der Waals surface area (Å²) in [5.41, 5.74) is 2.18. The third-order valence-corrected chi connectivity index (χ3v) is 7.68. The maximum absolute atomic E-state index is 12.8. The second-order valence-corrected chi connectivity index (χ2v) is 10.1. The topological polar surface area (TPSA) is 54.5 Å². The lowest BCUT2D eigenvalue weighted by Gasteiger charge is -2.23. The Balaban J connectivity index is 1.64. The molecule has 0 bridgehead atoms. The number of carbonyl (C=O) groups excluding carboxylic acids is 1. The van der Waals surface area contributed by atoms with Gasteiger partial charge in [-0.05, 0) is 17.5 Å². The van der Waals surface area contributed by atoms with Crippen molar-refractivity contribution in [2.75, 3.05) is 17.3 Å². The van der Waals surface area contributed by atoms with E-state index in [4.69, 9.17) is 0 Å². The summed E-state index contributed by atoms with van der Waals surface area (Å²) in [4.78, 5) is 14.7. The zero-order valence-corrected chi connectivity index (χ0v) is 16.2. The van der Waals surface area contributed by atoms with Crippen molar-refractivity contribution in [2.24, 2.45) is 0 Å². The molecule has 26 heavy (non-hydrogen) atoms. The van der Waals surface area contributed by atoms with Gasteiger partial charge in [-0.25, -0.2) is 8.42 Å². The zero-order valence-electron chi connectivity index (χ0n) is 14.6. The Bertz CT molecular complexity index is 781. The number of benzene rings is 2. The van der Waals surface area contributed by atoms with Gasteiger partial charge in [0.05, 0.1) is 17.3 Å². The Labute approximate surface area is 159 Å². The fraction of sp³-hybridized carbons (Fsp3) is 0.350. The first-order valence-corrected chi connectivity index (χ1v) is 11.6. The minimum atomic E-state index is -2.91. The van der Waals surface area contributed by atoms with E-state index in [1.165, 1.54) is 11.8 Å². The molecule has 0 saturated carbocycles. The molecule has 0 aromatic heterocycles. The molecular weight excluding hydrogens is 366 g/mol. The second kappa shape index (κ2) is 8.73. The van der Waals surface area contributed by atoms with E-state index >= 15 is 0 Å². The fourth-order valence-electron chi connectivity index (χ4n) is 3.01. The molecule has 1 aliphatic rings. The van der Waals surface area contributed by atoms with Crippen LogP contribution in [0.4, 0.5) is 0 Å². The largest absolute Gasteiger partial charge is 0.333 e. The van der Waals surface area contributed by atoms with Gasteiger partial charge in [-0.2, -0.15) is 0 Å². The normalized spacial score (nSPS) is 18.5. The molecule has 6 heteroatoms. The van der Waals surface area contributed by atoms with Crippen molar-refractivity contribution < 1.29 is 13.2 Å². The molecule has 0 aliphatic carbocycles. The van der Waals surface area contributed by atoms with Crippen molar-refractivity contribution in [2.45, 2.75) is 24.8 Å². The maximum atomic E-state index is 12.8. The van der Waals surface area contributed by atoms with Crippen LogP contribution in [0.2, 0.25) is 0 Å². The van der Waals surface area contributed by atoms with Gasteiger partial charge in [-0.1, -0.05) is 60.7 Å². The van der Waals surface area contributed by atoms with Gasteiger partial charge in [0, 0.05) is 18.3 Å². The van der Waals surface area contributed by atoms with E-state index in [1.807, 2.05) is 65.6 Å². The molecule has 3 rings (SSSR count). The summed E-state index contributed by atoms with van der Waals surface area (Å²) in [6.07, 6.45) is 0.650. The van der Waals surface area contributed by atoms with Crippen LogP contribution in [0.3, 0.4) is 0 Å². The monoisotopic (exact) mass is 389 g/mol. The van der Waals surface area contributed by atoms with E-state index in [0.29, 0.717) is 25.3 Å². The van der Waals surface area contributed by atoms with Gasteiger partial charge in [-0.3, -0.25) is 4.79 Å². The summed E-state index contributed by atoms with van der Waals surface area (Å²) >= 11 is 1.47. The Morgan fingerprint density at radius 2 is 1.50 bits per heavy atom. The van der Waals surface area contributed by atoms with E-state index in [9.17, 15) is 13.2 Å². The van der Waals surface area contributed by atoms with Gasteiger partial charge in [0.15, 0.2) is 9.84 Å². The van der Waals surface area contributed by atoms with E-state index in [-0.39, 0.29) is 22.7 Å². The Kier molecular flexibility index (Phi) is 6.38. The summed E-state index contributed by atoms with van der Waals surface area (Å²) in [5, 5.41) is 0.0410. The summed E-state index contributed by atoms with van der Waals surface area (Å²) < 4.78 is 23.2. The lowest BCUT2D eigenvalue weighted by molar-refractivity contribution is -0.129. The number of hydrogen-bond donors (Lipinski definition) is 0. The molecular formula is C20H23NO3S2. The van der Waals surface area contributed by atoms with Gasteiger partial charge in [0.2, 0.25) is 5.91 Å². The molecule has 1 amide bonds. The third-order valence-electron chi connectivity index (χ3n) is 4.42. The van der Waals surface area contributed by atoms with Crippen LogP contribution < -0.4 is 0 Å². The summed E-state index contributed by atoms with van der Waals surface area (Å²) in [7, 11) is -2.91. The molecule has 138 valence electrons. The Morgan fingerprint density at radius 3 is 1.96 bits per heavy atom. The van der Waals surface area contributed by atoms with Crippen molar-refractivity contribution >= 4 is 27.5 Å². The molecule has 0 N–H and O–H groups in total. The van der Waals surface area contributed by atoms with Crippen LogP contribution in [0.5, 0.6) is 0 Å². The predicted octanol–water partition coefficient (Wildman–Crippen LogP) is 3.14. The lowest BCUT2D eigenvalue weighted by Crippen LogP contribution is -2.32. The highest BCUT2D eigenvalue weighted by atomic mass is 32.2. The van der Waals surface area contributed by atoms with E-state index < -0.39 is 9.84 Å². The molecule has 1 aliphatic heterocycles. The smallest absolute Gasteiger partial charge is 0.233 e. The fourth-order valence-corrected chi connectivity index (χ4v) is 6.56. The minimum Gasteiger partial charge on any atom is -0.333 e. The molecule has 0 radical (unpaired) electrons. The molecule has 1 fully saturated rings. The van der Waals surface area contributed by atoms with E-state index in [1.54, 1.807) is 0 Å². The van der Waals surface area contributed by atoms with Crippen LogP contribution in [-0.4, -0.2) is 41.7 Å². The number of nitrogens with zero attached hydrogens (tertiary/aromatic N) is 1. The molecule has 2 aromatic rings. The third kappa shape index (κ3) is 5.61. The van der Waals surface area contributed by atoms with Crippen molar-refractivity contribution in [1.29, 1.82) is 0 Å². The van der Waals surface area contributed by atoms with Gasteiger partial charge >= 0.3 is 0 Å². The minimum absolute atomic E-state index is 0.0410. The number of hydrogen-bond acceptors (Lipinski definition) is 4. The molecule has 1 unspecified atom stereocenters. The van der Waals surface area contributed by atoms with Crippen molar-refractivity contribution in [3.05, 3.63) is 71.8 Å². The highest BCUT2D eigenvalue weighted by Crippen LogP contribution is 2.25. The highest BCUT2D eigenvalue weighted by molar-refractivity contribution is 8.02. The average Bonchev–Trinajstić information content (AvgIpc) is 3.00. The van der Waals surface area contributed by atoms with Gasteiger partial charge in [-0.15, -0.1) is 11.8 Å². The van der Waals surface area contributed by atoms with Gasteiger partial charge < -0.3 is 4.90 Å². The first-order chi connectivity index (χ1) is 12.5. The number of rotatable bonds is 7. The van der Waals surface area contributed by atoms with Crippen molar-refractivity contribution in [1.82, 2.24) is 4.90 Å². The SMILES string of the molecule is O=C(CSC1CCS(=O)(=O)C1)N(Cc1ccccc1)Cc1ccccc1. The number of amides is 1. The Hall–Kier alpha value is -1.79.